The minimum Gasteiger partial charge on any atom is -0.387 e. The minimum absolute atomic E-state index is 0.0569. The van der Waals surface area contributed by atoms with Gasteiger partial charge in [-0.25, -0.2) is 15.0 Å². The molecule has 0 spiro atoms. The molecule has 3 aromatic rings. The van der Waals surface area contributed by atoms with Crippen LogP contribution < -0.4 is 5.32 Å². The van der Waals surface area contributed by atoms with Gasteiger partial charge >= 0.3 is 0 Å². The van der Waals surface area contributed by atoms with Crippen LogP contribution in [0.2, 0.25) is 5.02 Å². The summed E-state index contributed by atoms with van der Waals surface area (Å²) in [6.07, 6.45) is 4.08. The zero-order chi connectivity index (χ0) is 21.3. The fraction of sp³-hybridized carbons (Fsp3) is 0.350. The number of aryl methyl sites for hydroxylation is 1. The lowest BCUT2D eigenvalue weighted by Crippen LogP contribution is -2.33. The summed E-state index contributed by atoms with van der Waals surface area (Å²) in [4.78, 5) is 12.9. The van der Waals surface area contributed by atoms with E-state index in [2.05, 4.69) is 26.2 Å². The van der Waals surface area contributed by atoms with Crippen molar-refractivity contribution in [3.63, 3.8) is 0 Å². The maximum Gasteiger partial charge on any atom is 0.167 e. The van der Waals surface area contributed by atoms with Crippen LogP contribution >= 0.6 is 11.6 Å². The lowest BCUT2D eigenvalue weighted by Gasteiger charge is -2.16. The van der Waals surface area contributed by atoms with Crippen LogP contribution in [0.5, 0.6) is 0 Å². The number of aromatic nitrogens is 4. The highest BCUT2D eigenvalue weighted by molar-refractivity contribution is 6.30. The van der Waals surface area contributed by atoms with Crippen LogP contribution in [-0.4, -0.2) is 61.3 Å². The molecule has 0 bridgehead atoms. The molecule has 1 aliphatic rings. The largest absolute Gasteiger partial charge is 0.387 e. The van der Waals surface area contributed by atoms with E-state index in [1.54, 1.807) is 16.7 Å². The third kappa shape index (κ3) is 3.84. The number of imidazole rings is 1. The minimum atomic E-state index is -1.19. The summed E-state index contributed by atoms with van der Waals surface area (Å²) in [6.45, 7) is 2.09. The van der Waals surface area contributed by atoms with Crippen molar-refractivity contribution in [1.29, 1.82) is 0 Å². The highest BCUT2D eigenvalue weighted by atomic mass is 35.5. The number of benzene rings is 1. The Kier molecular flexibility index (Phi) is 5.85. The summed E-state index contributed by atoms with van der Waals surface area (Å²) in [5.74, 6) is 2.82. The zero-order valence-corrected chi connectivity index (χ0v) is 16.8. The average molecular weight is 430 g/mol. The van der Waals surface area contributed by atoms with E-state index in [9.17, 15) is 10.2 Å². The maximum atomic E-state index is 10.5. The van der Waals surface area contributed by atoms with Gasteiger partial charge in [0.1, 0.15) is 31.2 Å². The Balaban J connectivity index is 1.62. The first kappa shape index (κ1) is 20.5. The van der Waals surface area contributed by atoms with Crippen LogP contribution in [0.3, 0.4) is 0 Å². The quantitative estimate of drug-likeness (QED) is 0.401. The number of fused-ring (bicyclic) bond motifs is 1. The average Bonchev–Trinajstić information content (AvgIpc) is 3.28. The van der Waals surface area contributed by atoms with Gasteiger partial charge in [-0.05, 0) is 24.6 Å². The third-order valence-electron chi connectivity index (χ3n) is 4.89. The van der Waals surface area contributed by atoms with Gasteiger partial charge in [-0.2, -0.15) is 0 Å². The normalized spacial score (nSPS) is 23.6. The number of rotatable bonds is 6. The summed E-state index contributed by atoms with van der Waals surface area (Å²) < 4.78 is 12.6. The molecule has 4 rings (SSSR count). The number of hydrogen-bond donors (Lipinski definition) is 3. The first-order chi connectivity index (χ1) is 14.5. The molecule has 1 aliphatic heterocycles. The fourth-order valence-corrected chi connectivity index (χ4v) is 3.49. The first-order valence-electron chi connectivity index (χ1n) is 9.23. The van der Waals surface area contributed by atoms with Crippen LogP contribution in [-0.2, 0) is 9.47 Å². The van der Waals surface area contributed by atoms with Crippen molar-refractivity contribution in [3.05, 3.63) is 41.4 Å². The predicted molar refractivity (Wildman–Crippen MR) is 110 cm³/mol. The number of nitrogens with one attached hydrogen (secondary N) is 1. The number of aliphatic hydroxyl groups is 2. The number of nitrogens with zero attached hydrogens (tertiary/aromatic N) is 4. The fourth-order valence-electron chi connectivity index (χ4n) is 3.32. The van der Waals surface area contributed by atoms with Crippen LogP contribution in [0.1, 0.15) is 11.8 Å². The number of aliphatic hydroxyl groups excluding tert-OH is 2. The molecule has 4 atom stereocenters. The first-order valence-corrected chi connectivity index (χ1v) is 9.61. The van der Waals surface area contributed by atoms with E-state index in [1.807, 2.05) is 13.0 Å². The van der Waals surface area contributed by atoms with Crippen molar-refractivity contribution < 1.29 is 19.7 Å². The van der Waals surface area contributed by atoms with E-state index in [0.29, 0.717) is 22.0 Å². The SMILES string of the molecule is C#CCOC[C@H]1O[C@@H](n2cnc3c(Nc4cc(Cl)ccc4C)ncnc32)[C@H](O)[C@@H]1O. The Morgan fingerprint density at radius 1 is 1.30 bits per heavy atom. The van der Waals surface area contributed by atoms with Gasteiger partial charge in [0.15, 0.2) is 23.2 Å². The lowest BCUT2D eigenvalue weighted by atomic mass is 10.1. The van der Waals surface area contributed by atoms with Gasteiger partial charge in [-0.15, -0.1) is 6.42 Å². The van der Waals surface area contributed by atoms with Gasteiger partial charge < -0.3 is 25.0 Å². The molecule has 1 saturated heterocycles. The number of hydrogen-bond acceptors (Lipinski definition) is 8. The van der Waals surface area contributed by atoms with Crippen molar-refractivity contribution in [3.8, 4) is 12.3 Å². The van der Waals surface area contributed by atoms with Gasteiger partial charge in [0.25, 0.3) is 0 Å². The van der Waals surface area contributed by atoms with Crippen molar-refractivity contribution >= 4 is 34.3 Å². The Morgan fingerprint density at radius 3 is 2.93 bits per heavy atom. The molecule has 30 heavy (non-hydrogen) atoms. The van der Waals surface area contributed by atoms with E-state index < -0.39 is 24.5 Å². The van der Waals surface area contributed by atoms with Crippen molar-refractivity contribution in [1.82, 2.24) is 19.5 Å². The van der Waals surface area contributed by atoms with Crippen molar-refractivity contribution in [2.45, 2.75) is 31.5 Å². The zero-order valence-electron chi connectivity index (χ0n) is 16.1. The highest BCUT2D eigenvalue weighted by Crippen LogP contribution is 2.33. The molecule has 9 nitrogen and oxygen atoms in total. The number of ether oxygens (including phenoxy) is 2. The van der Waals surface area contributed by atoms with Crippen LogP contribution in [0.15, 0.2) is 30.9 Å². The molecule has 1 fully saturated rings. The molecule has 156 valence electrons. The molecule has 3 heterocycles. The van der Waals surface area contributed by atoms with Gasteiger partial charge in [0.2, 0.25) is 0 Å². The number of halogens is 1. The van der Waals surface area contributed by atoms with E-state index in [1.165, 1.54) is 12.7 Å². The van der Waals surface area contributed by atoms with Crippen molar-refractivity contribution in [2.24, 2.45) is 0 Å². The number of anilines is 2. The second-order valence-electron chi connectivity index (χ2n) is 6.90. The molecule has 10 heteroatoms. The summed E-state index contributed by atoms with van der Waals surface area (Å²) in [5, 5.41) is 24.6. The topological polar surface area (TPSA) is 115 Å². The molecule has 0 radical (unpaired) electrons. The molecular weight excluding hydrogens is 410 g/mol. The van der Waals surface area contributed by atoms with E-state index in [0.717, 1.165) is 11.3 Å². The van der Waals surface area contributed by atoms with Crippen LogP contribution in [0, 0.1) is 19.3 Å². The van der Waals surface area contributed by atoms with Crippen LogP contribution in [0.25, 0.3) is 11.2 Å². The van der Waals surface area contributed by atoms with Gasteiger partial charge in [0.05, 0.1) is 12.9 Å². The Labute approximate surface area is 177 Å². The summed E-state index contributed by atoms with van der Waals surface area (Å²) in [6, 6.07) is 5.50. The van der Waals surface area contributed by atoms with Crippen molar-refractivity contribution in [2.75, 3.05) is 18.5 Å². The smallest absolute Gasteiger partial charge is 0.167 e. The molecule has 0 unspecified atom stereocenters. The van der Waals surface area contributed by atoms with E-state index >= 15 is 0 Å². The third-order valence-corrected chi connectivity index (χ3v) is 5.13. The van der Waals surface area contributed by atoms with E-state index in [4.69, 9.17) is 27.5 Å². The molecular formula is C20H20ClN5O4. The van der Waals surface area contributed by atoms with Gasteiger partial charge in [0, 0.05) is 10.7 Å². The summed E-state index contributed by atoms with van der Waals surface area (Å²) in [5.41, 5.74) is 2.69. The van der Waals surface area contributed by atoms with E-state index in [-0.39, 0.29) is 13.2 Å². The van der Waals surface area contributed by atoms with Crippen LogP contribution in [0.4, 0.5) is 11.5 Å². The number of terminal acetylenes is 1. The predicted octanol–water partition coefficient (Wildman–Crippen LogP) is 1.80. The highest BCUT2D eigenvalue weighted by Gasteiger charge is 2.44. The monoisotopic (exact) mass is 429 g/mol. The van der Waals surface area contributed by atoms with Gasteiger partial charge in [-0.1, -0.05) is 23.6 Å². The Morgan fingerprint density at radius 2 is 2.13 bits per heavy atom. The standard InChI is InChI=1S/C20H20ClN5O4/c1-3-6-29-8-14-16(27)17(28)20(30-14)26-10-24-15-18(22-9-23-19(15)26)25-13-7-12(21)5-4-11(13)2/h1,4-5,7,9-10,14,16-17,20,27-28H,6,8H2,2H3,(H,22,23,25)/t14-,16-,17-,20-/m1/s1. The second kappa shape index (κ2) is 8.55. The molecule has 0 amide bonds. The Bertz CT molecular complexity index is 1100. The maximum absolute atomic E-state index is 10.5. The summed E-state index contributed by atoms with van der Waals surface area (Å²) >= 11 is 6.10. The molecule has 0 saturated carbocycles. The molecule has 1 aromatic carbocycles. The Hall–Kier alpha value is -2.74. The molecule has 0 aliphatic carbocycles. The van der Waals surface area contributed by atoms with Gasteiger partial charge in [-0.3, -0.25) is 4.57 Å². The second-order valence-corrected chi connectivity index (χ2v) is 7.33. The lowest BCUT2D eigenvalue weighted by molar-refractivity contribution is -0.0615. The molecule has 2 aromatic heterocycles. The summed E-state index contributed by atoms with van der Waals surface area (Å²) in [7, 11) is 0. The molecule has 3 N–H and O–H groups in total.